The number of ether oxygens (including phenoxy) is 2. The van der Waals surface area contributed by atoms with Gasteiger partial charge in [-0.05, 0) is 58.8 Å². The Morgan fingerprint density at radius 3 is 2.11 bits per heavy atom. The summed E-state index contributed by atoms with van der Waals surface area (Å²) in [6.07, 6.45) is 0.233. The molecule has 4 aromatic rings. The molecule has 12 heteroatoms. The van der Waals surface area contributed by atoms with Gasteiger partial charge in [0.15, 0.2) is 0 Å². The lowest BCUT2D eigenvalue weighted by Crippen LogP contribution is -2.29. The van der Waals surface area contributed by atoms with Crippen molar-refractivity contribution in [2.24, 2.45) is 0 Å². The van der Waals surface area contributed by atoms with Crippen LogP contribution in [0.1, 0.15) is 37.5 Å². The Balaban J connectivity index is 1.13. The van der Waals surface area contributed by atoms with E-state index < -0.39 is 32.6 Å². The number of rotatable bonds is 9. The molecular weight excluding hydrogens is 514 g/mol. The van der Waals surface area contributed by atoms with Crippen molar-refractivity contribution in [1.82, 2.24) is 10.3 Å². The highest BCUT2D eigenvalue weighted by atomic mass is 32.2. The molecule has 5 rings (SSSR count). The Bertz CT molecular complexity index is 1580. The number of anilines is 1. The van der Waals surface area contributed by atoms with Crippen molar-refractivity contribution in [1.29, 1.82) is 0 Å². The van der Waals surface area contributed by atoms with Crippen LogP contribution in [0.15, 0.2) is 93.4 Å². The maximum Gasteiger partial charge on any atom is 0.338 e. The molecule has 0 unspecified atom stereocenters. The van der Waals surface area contributed by atoms with Crippen molar-refractivity contribution < 1.29 is 36.9 Å². The van der Waals surface area contributed by atoms with Crippen molar-refractivity contribution >= 4 is 33.3 Å². The third-order valence-electron chi connectivity index (χ3n) is 5.65. The SMILES string of the molecule is O=C(OCCCOc1nonc1S(=O)(=O)c1ccccc1)c1ccc(N2C(=O)c3ccccc3C2=O)cc1. The Morgan fingerprint density at radius 2 is 1.45 bits per heavy atom. The van der Waals surface area contributed by atoms with E-state index in [4.69, 9.17) is 9.47 Å². The zero-order chi connectivity index (χ0) is 26.7. The summed E-state index contributed by atoms with van der Waals surface area (Å²) in [6, 6.07) is 20.1. The molecule has 1 aliphatic heterocycles. The van der Waals surface area contributed by atoms with Gasteiger partial charge >= 0.3 is 5.97 Å². The van der Waals surface area contributed by atoms with Crippen LogP contribution in [0.3, 0.4) is 0 Å². The predicted molar refractivity (Wildman–Crippen MR) is 131 cm³/mol. The van der Waals surface area contributed by atoms with Crippen LogP contribution in [0.4, 0.5) is 5.69 Å². The highest BCUT2D eigenvalue weighted by molar-refractivity contribution is 7.91. The number of hydrogen-bond acceptors (Lipinski definition) is 10. The highest BCUT2D eigenvalue weighted by Crippen LogP contribution is 2.29. The summed E-state index contributed by atoms with van der Waals surface area (Å²) in [4.78, 5) is 38.7. The minimum absolute atomic E-state index is 0.0164. The Kier molecular flexibility index (Phi) is 6.71. The topological polar surface area (TPSA) is 146 Å². The number of fused-ring (bicyclic) bond motifs is 1. The van der Waals surface area contributed by atoms with Gasteiger partial charge in [-0.25, -0.2) is 22.7 Å². The van der Waals surface area contributed by atoms with E-state index in [-0.39, 0.29) is 36.0 Å². The summed E-state index contributed by atoms with van der Waals surface area (Å²) in [5.74, 6) is -1.76. The van der Waals surface area contributed by atoms with Crippen molar-refractivity contribution in [3.63, 3.8) is 0 Å². The Morgan fingerprint density at radius 1 is 0.816 bits per heavy atom. The summed E-state index contributed by atoms with van der Waals surface area (Å²) in [5, 5.41) is 6.52. The average Bonchev–Trinajstić information content (AvgIpc) is 3.52. The number of imide groups is 1. The third kappa shape index (κ3) is 4.64. The summed E-state index contributed by atoms with van der Waals surface area (Å²) < 4.78 is 40.6. The van der Waals surface area contributed by atoms with Crippen LogP contribution in [0.2, 0.25) is 0 Å². The second-order valence-electron chi connectivity index (χ2n) is 8.07. The molecule has 11 nitrogen and oxygen atoms in total. The van der Waals surface area contributed by atoms with E-state index in [1.54, 1.807) is 42.5 Å². The summed E-state index contributed by atoms with van der Waals surface area (Å²) in [6.45, 7) is -0.0392. The zero-order valence-corrected chi connectivity index (χ0v) is 20.5. The van der Waals surface area contributed by atoms with Gasteiger partial charge in [-0.1, -0.05) is 30.3 Å². The molecule has 1 aromatic heterocycles. The number of hydrogen-bond donors (Lipinski definition) is 0. The lowest BCUT2D eigenvalue weighted by Gasteiger charge is -2.14. The van der Waals surface area contributed by atoms with E-state index in [9.17, 15) is 22.8 Å². The molecule has 2 amide bonds. The van der Waals surface area contributed by atoms with Gasteiger partial charge in [0.1, 0.15) is 0 Å². The van der Waals surface area contributed by atoms with Crippen LogP contribution >= 0.6 is 0 Å². The first-order valence-corrected chi connectivity index (χ1v) is 12.9. The molecule has 38 heavy (non-hydrogen) atoms. The third-order valence-corrected chi connectivity index (χ3v) is 7.31. The van der Waals surface area contributed by atoms with Gasteiger partial charge in [-0.2, -0.15) is 0 Å². The first-order chi connectivity index (χ1) is 18.4. The standard InChI is InChI=1S/C26H19N3O8S/c30-24-20-9-4-5-10-21(20)25(31)29(24)18-13-11-17(12-14-18)26(32)36-16-6-15-35-22-23(28-37-27-22)38(33,34)19-7-2-1-3-8-19/h1-5,7-14H,6,15-16H2. The number of carbonyl (C=O) groups excluding carboxylic acids is 3. The van der Waals surface area contributed by atoms with Crippen LogP contribution in [0.5, 0.6) is 5.88 Å². The van der Waals surface area contributed by atoms with Crippen LogP contribution in [-0.4, -0.2) is 49.7 Å². The lowest BCUT2D eigenvalue weighted by atomic mass is 10.1. The van der Waals surface area contributed by atoms with Gasteiger partial charge in [0.2, 0.25) is 9.84 Å². The van der Waals surface area contributed by atoms with E-state index in [0.29, 0.717) is 16.8 Å². The molecule has 0 atom stereocenters. The summed E-state index contributed by atoms with van der Waals surface area (Å²) in [7, 11) is -3.97. The number of carbonyl (C=O) groups is 3. The first-order valence-electron chi connectivity index (χ1n) is 11.4. The monoisotopic (exact) mass is 533 g/mol. The van der Waals surface area contributed by atoms with Gasteiger partial charge in [0, 0.05) is 6.42 Å². The second kappa shape index (κ2) is 10.3. The zero-order valence-electron chi connectivity index (χ0n) is 19.6. The van der Waals surface area contributed by atoms with Crippen LogP contribution in [-0.2, 0) is 14.6 Å². The second-order valence-corrected chi connectivity index (χ2v) is 9.93. The number of aromatic nitrogens is 2. The van der Waals surface area contributed by atoms with Gasteiger partial charge < -0.3 is 9.47 Å². The van der Waals surface area contributed by atoms with E-state index in [1.807, 2.05) is 0 Å². The van der Waals surface area contributed by atoms with E-state index in [2.05, 4.69) is 14.9 Å². The van der Waals surface area contributed by atoms with Crippen LogP contribution in [0.25, 0.3) is 0 Å². The van der Waals surface area contributed by atoms with Gasteiger partial charge in [0.05, 0.1) is 40.5 Å². The molecule has 0 saturated heterocycles. The van der Waals surface area contributed by atoms with Gasteiger partial charge in [-0.3, -0.25) is 9.59 Å². The van der Waals surface area contributed by atoms with Crippen molar-refractivity contribution in [2.75, 3.05) is 18.1 Å². The summed E-state index contributed by atoms with van der Waals surface area (Å²) >= 11 is 0. The maximum atomic E-state index is 12.7. The Labute approximate surface area is 216 Å². The number of amides is 2. The normalized spacial score (nSPS) is 12.9. The van der Waals surface area contributed by atoms with Crippen molar-refractivity contribution in [3.05, 3.63) is 95.6 Å². The fraction of sp³-hybridized carbons (Fsp3) is 0.115. The predicted octanol–water partition coefficient (Wildman–Crippen LogP) is 3.33. The quantitative estimate of drug-likeness (QED) is 0.178. The van der Waals surface area contributed by atoms with Crippen molar-refractivity contribution in [3.8, 4) is 5.88 Å². The molecule has 0 N–H and O–H groups in total. The number of nitrogens with zero attached hydrogens (tertiary/aromatic N) is 3. The molecule has 0 aliphatic carbocycles. The van der Waals surface area contributed by atoms with Gasteiger partial charge in [0.25, 0.3) is 22.7 Å². The van der Waals surface area contributed by atoms with E-state index in [1.165, 1.54) is 36.4 Å². The molecule has 2 heterocycles. The number of sulfone groups is 1. The average molecular weight is 534 g/mol. The minimum atomic E-state index is -3.97. The molecule has 0 spiro atoms. The van der Waals surface area contributed by atoms with Crippen LogP contribution in [0, 0.1) is 0 Å². The lowest BCUT2D eigenvalue weighted by molar-refractivity contribution is 0.0484. The molecule has 0 bridgehead atoms. The molecule has 0 radical (unpaired) electrons. The first kappa shape index (κ1) is 24.8. The molecular formula is C26H19N3O8S. The van der Waals surface area contributed by atoms with Crippen molar-refractivity contribution in [2.45, 2.75) is 16.3 Å². The fourth-order valence-electron chi connectivity index (χ4n) is 3.78. The molecule has 0 fully saturated rings. The van der Waals surface area contributed by atoms with E-state index in [0.717, 1.165) is 4.90 Å². The smallest absolute Gasteiger partial charge is 0.338 e. The molecule has 192 valence electrons. The number of benzene rings is 3. The number of esters is 1. The minimum Gasteiger partial charge on any atom is -0.473 e. The molecule has 1 aliphatic rings. The highest BCUT2D eigenvalue weighted by Gasteiger charge is 2.36. The molecule has 0 saturated carbocycles. The fourth-order valence-corrected chi connectivity index (χ4v) is 4.98. The maximum absolute atomic E-state index is 12.7. The Hall–Kier alpha value is -4.84. The van der Waals surface area contributed by atoms with Crippen LogP contribution < -0.4 is 9.64 Å². The van der Waals surface area contributed by atoms with Gasteiger partial charge in [-0.15, -0.1) is 0 Å². The largest absolute Gasteiger partial charge is 0.473 e. The molecule has 3 aromatic carbocycles. The summed E-state index contributed by atoms with van der Waals surface area (Å²) in [5.41, 5.74) is 1.22. The van der Waals surface area contributed by atoms with E-state index >= 15 is 0 Å².